The number of allylic oxidation sites excluding steroid dienone is 1. The maximum Gasteiger partial charge on any atom is 0.169 e. The summed E-state index contributed by atoms with van der Waals surface area (Å²) in [5.74, 6) is 0. The number of fused-ring (bicyclic) bond motifs is 1. The zero-order valence-electron chi connectivity index (χ0n) is 20.1. The van der Waals surface area contributed by atoms with E-state index >= 15 is 4.39 Å². The Kier molecular flexibility index (Phi) is 6.62. The van der Waals surface area contributed by atoms with Gasteiger partial charge in [-0.25, -0.2) is 9.37 Å². The third-order valence-corrected chi connectivity index (χ3v) is 8.08. The Morgan fingerprint density at radius 3 is 2.59 bits per heavy atom. The number of hydrogen-bond donors (Lipinski definition) is 0. The number of piperidine rings is 2. The summed E-state index contributed by atoms with van der Waals surface area (Å²) in [5.41, 5.74) is 3.97. The minimum absolute atomic E-state index is 0.380. The molecule has 0 amide bonds. The van der Waals surface area contributed by atoms with Crippen molar-refractivity contribution in [3.63, 3.8) is 0 Å². The Hall–Kier alpha value is -2.45. The van der Waals surface area contributed by atoms with Gasteiger partial charge in [0.1, 0.15) is 0 Å². The summed E-state index contributed by atoms with van der Waals surface area (Å²) in [4.78, 5) is 9.36. The summed E-state index contributed by atoms with van der Waals surface area (Å²) >= 11 is 1.70. The number of aromatic nitrogens is 4. The molecule has 4 heterocycles. The standard InChI is InChI=1S/C26H33FN6S/c1-19-4-5-24-23(16-19)30-25(34-3)33(24)22-7-12-32(13-8-22)20(2)26(27)9-14-31(15-10-26)18-21-6-11-28-29-17-21/h4-6,11,16-17,22H,2,7-10,12-15,18H2,1,3H3. The van der Waals surface area contributed by atoms with Crippen LogP contribution >= 0.6 is 11.8 Å². The van der Waals surface area contributed by atoms with E-state index in [-0.39, 0.29) is 0 Å². The maximum absolute atomic E-state index is 16.0. The van der Waals surface area contributed by atoms with Crippen LogP contribution in [0, 0.1) is 6.92 Å². The minimum atomic E-state index is -1.32. The van der Waals surface area contributed by atoms with Gasteiger partial charge in [-0.15, -0.1) is 0 Å². The van der Waals surface area contributed by atoms with Crippen LogP contribution < -0.4 is 0 Å². The summed E-state index contributed by atoms with van der Waals surface area (Å²) in [6, 6.07) is 8.86. The van der Waals surface area contributed by atoms with Gasteiger partial charge in [-0.3, -0.25) is 4.90 Å². The first-order valence-electron chi connectivity index (χ1n) is 12.1. The van der Waals surface area contributed by atoms with Crippen LogP contribution in [-0.2, 0) is 6.54 Å². The van der Waals surface area contributed by atoms with E-state index in [4.69, 9.17) is 4.98 Å². The quantitative estimate of drug-likeness (QED) is 0.462. The topological polar surface area (TPSA) is 50.1 Å². The highest BCUT2D eigenvalue weighted by atomic mass is 32.2. The molecule has 34 heavy (non-hydrogen) atoms. The van der Waals surface area contributed by atoms with Crippen LogP contribution in [0.15, 0.2) is 54.1 Å². The molecule has 5 rings (SSSR count). The van der Waals surface area contributed by atoms with E-state index < -0.39 is 5.67 Å². The fourth-order valence-electron chi connectivity index (χ4n) is 5.38. The van der Waals surface area contributed by atoms with Crippen LogP contribution in [0.4, 0.5) is 4.39 Å². The van der Waals surface area contributed by atoms with Gasteiger partial charge in [-0.05, 0) is 68.2 Å². The number of alkyl halides is 1. The highest BCUT2D eigenvalue weighted by Crippen LogP contribution is 2.39. The third kappa shape index (κ3) is 4.58. The first-order valence-corrected chi connectivity index (χ1v) is 13.3. The molecule has 2 aliphatic heterocycles. The smallest absolute Gasteiger partial charge is 0.169 e. The molecular formula is C26H33FN6S. The number of rotatable bonds is 6. The van der Waals surface area contributed by atoms with Crippen LogP contribution in [0.3, 0.4) is 0 Å². The molecule has 2 aromatic heterocycles. The number of aryl methyl sites for hydroxylation is 1. The van der Waals surface area contributed by atoms with E-state index in [9.17, 15) is 0 Å². The van der Waals surface area contributed by atoms with E-state index in [1.807, 2.05) is 6.07 Å². The van der Waals surface area contributed by atoms with Crippen molar-refractivity contribution in [1.82, 2.24) is 29.5 Å². The average molecular weight is 481 g/mol. The monoisotopic (exact) mass is 480 g/mol. The zero-order valence-corrected chi connectivity index (χ0v) is 20.9. The van der Waals surface area contributed by atoms with Crippen LogP contribution in [0.2, 0.25) is 0 Å². The van der Waals surface area contributed by atoms with E-state index in [1.165, 1.54) is 11.1 Å². The Balaban J connectivity index is 1.21. The molecule has 2 fully saturated rings. The molecule has 3 aromatic rings. The summed E-state index contributed by atoms with van der Waals surface area (Å²) in [5, 5.41) is 8.85. The number of thioether (sulfide) groups is 1. The number of halogens is 1. The molecule has 6 nitrogen and oxygen atoms in total. The zero-order chi connectivity index (χ0) is 23.7. The number of nitrogens with zero attached hydrogens (tertiary/aromatic N) is 6. The van der Waals surface area contributed by atoms with Crippen LogP contribution in [0.25, 0.3) is 11.0 Å². The molecule has 0 spiro atoms. The lowest BCUT2D eigenvalue weighted by molar-refractivity contribution is 0.0519. The second-order valence-electron chi connectivity index (χ2n) is 9.62. The lowest BCUT2D eigenvalue weighted by atomic mass is 9.88. The van der Waals surface area contributed by atoms with Crippen molar-refractivity contribution in [2.24, 2.45) is 0 Å². The third-order valence-electron chi connectivity index (χ3n) is 7.42. The van der Waals surface area contributed by atoms with Crippen LogP contribution in [0.1, 0.15) is 42.9 Å². The van der Waals surface area contributed by atoms with Crippen molar-refractivity contribution >= 4 is 22.8 Å². The molecule has 1 aromatic carbocycles. The second-order valence-corrected chi connectivity index (χ2v) is 10.4. The Morgan fingerprint density at radius 2 is 1.91 bits per heavy atom. The van der Waals surface area contributed by atoms with Gasteiger partial charge in [0, 0.05) is 50.7 Å². The SMILES string of the molecule is C=C(N1CCC(n2c(SC)nc3cc(C)ccc32)CC1)C1(F)CCN(Cc2ccnnc2)CC1. The molecule has 0 radical (unpaired) electrons. The summed E-state index contributed by atoms with van der Waals surface area (Å²) in [7, 11) is 0. The maximum atomic E-state index is 16.0. The number of imidazole rings is 1. The highest BCUT2D eigenvalue weighted by molar-refractivity contribution is 7.98. The lowest BCUT2D eigenvalue weighted by Crippen LogP contribution is -2.47. The predicted molar refractivity (Wildman–Crippen MR) is 136 cm³/mol. The minimum Gasteiger partial charge on any atom is -0.373 e. The number of likely N-dealkylation sites (tertiary alicyclic amines) is 2. The molecule has 180 valence electrons. The fraction of sp³-hybridized carbons (Fsp3) is 0.500. The van der Waals surface area contributed by atoms with Crippen molar-refractivity contribution in [2.75, 3.05) is 32.4 Å². The van der Waals surface area contributed by atoms with Gasteiger partial charge >= 0.3 is 0 Å². The van der Waals surface area contributed by atoms with Gasteiger partial charge in [-0.1, -0.05) is 24.4 Å². The molecule has 0 atom stereocenters. The van der Waals surface area contributed by atoms with Crippen molar-refractivity contribution in [1.29, 1.82) is 0 Å². The number of hydrogen-bond acceptors (Lipinski definition) is 6. The molecule has 0 saturated carbocycles. The molecule has 2 saturated heterocycles. The summed E-state index contributed by atoms with van der Waals surface area (Å²) in [6.45, 7) is 10.3. The molecule has 8 heteroatoms. The summed E-state index contributed by atoms with van der Waals surface area (Å²) in [6.07, 6.45) is 8.52. The fourth-order valence-corrected chi connectivity index (χ4v) is 6.02. The molecule has 0 aliphatic carbocycles. The second kappa shape index (κ2) is 9.66. The normalized spacial score (nSPS) is 19.6. The van der Waals surface area contributed by atoms with E-state index in [1.54, 1.807) is 24.2 Å². The van der Waals surface area contributed by atoms with Crippen molar-refractivity contribution in [3.8, 4) is 0 Å². The lowest BCUT2D eigenvalue weighted by Gasteiger charge is -2.44. The van der Waals surface area contributed by atoms with Gasteiger partial charge in [0.2, 0.25) is 0 Å². The largest absolute Gasteiger partial charge is 0.373 e. The Labute approximate surface area is 205 Å². The highest BCUT2D eigenvalue weighted by Gasteiger charge is 2.40. The van der Waals surface area contributed by atoms with Crippen molar-refractivity contribution in [2.45, 2.75) is 56.0 Å². The first kappa shape index (κ1) is 23.3. The van der Waals surface area contributed by atoms with Gasteiger partial charge in [-0.2, -0.15) is 10.2 Å². The Morgan fingerprint density at radius 1 is 1.15 bits per heavy atom. The van der Waals surface area contributed by atoms with Crippen molar-refractivity contribution in [3.05, 3.63) is 60.1 Å². The molecule has 0 bridgehead atoms. The van der Waals surface area contributed by atoms with Gasteiger partial charge in [0.05, 0.1) is 17.2 Å². The van der Waals surface area contributed by atoms with E-state index in [2.05, 4.69) is 62.5 Å². The molecular weight excluding hydrogens is 447 g/mol. The predicted octanol–water partition coefficient (Wildman–Crippen LogP) is 5.01. The Bertz CT molecular complexity index is 1150. The van der Waals surface area contributed by atoms with Crippen molar-refractivity contribution < 1.29 is 4.39 Å². The summed E-state index contributed by atoms with van der Waals surface area (Å²) < 4.78 is 18.4. The van der Waals surface area contributed by atoms with Gasteiger partial charge in [0.25, 0.3) is 0 Å². The van der Waals surface area contributed by atoms with Gasteiger partial charge in [0.15, 0.2) is 10.8 Å². The molecule has 0 N–H and O–H groups in total. The molecule has 0 unspecified atom stereocenters. The van der Waals surface area contributed by atoms with E-state index in [0.29, 0.717) is 24.6 Å². The van der Waals surface area contributed by atoms with Crippen LogP contribution in [-0.4, -0.2) is 67.7 Å². The number of benzene rings is 1. The van der Waals surface area contributed by atoms with E-state index in [0.717, 1.165) is 61.8 Å². The van der Waals surface area contributed by atoms with Gasteiger partial charge < -0.3 is 9.47 Å². The first-order chi connectivity index (χ1) is 16.5. The van der Waals surface area contributed by atoms with Crippen LogP contribution in [0.5, 0.6) is 0 Å². The average Bonchev–Trinajstić information content (AvgIpc) is 3.23. The molecule has 2 aliphatic rings.